The van der Waals surface area contributed by atoms with Gasteiger partial charge < -0.3 is 0 Å². The molecule has 0 saturated carbocycles. The molecule has 1 aromatic rings. The van der Waals surface area contributed by atoms with E-state index in [2.05, 4.69) is 20.9 Å². The third-order valence-electron chi connectivity index (χ3n) is 1.30. The van der Waals surface area contributed by atoms with E-state index in [0.29, 0.717) is 6.42 Å². The normalized spacial score (nSPS) is 11.8. The van der Waals surface area contributed by atoms with Crippen LogP contribution in [0.5, 0.6) is 0 Å². The molecule has 0 atom stereocenters. The van der Waals surface area contributed by atoms with E-state index in [9.17, 15) is 8.42 Å². The van der Waals surface area contributed by atoms with Crippen molar-refractivity contribution in [3.8, 4) is 0 Å². The molecule has 0 N–H and O–H groups in total. The highest BCUT2D eigenvalue weighted by molar-refractivity contribution is 9.10. The maximum absolute atomic E-state index is 10.8. The first-order chi connectivity index (χ1) is 5.97. The van der Waals surface area contributed by atoms with Crippen LogP contribution in [0.2, 0.25) is 0 Å². The first-order valence-corrected chi connectivity index (χ1v) is 7.33. The topological polar surface area (TPSA) is 47.0 Å². The van der Waals surface area contributed by atoms with Crippen LogP contribution >= 0.6 is 27.3 Å². The summed E-state index contributed by atoms with van der Waals surface area (Å²) >= 11 is 4.72. The predicted octanol–water partition coefficient (Wildman–Crippen LogP) is 1.89. The number of hydrogen-bond donors (Lipinski definition) is 0. The predicted molar refractivity (Wildman–Crippen MR) is 57.5 cm³/mol. The van der Waals surface area contributed by atoms with Gasteiger partial charge in [0.1, 0.15) is 14.4 Å². The van der Waals surface area contributed by atoms with E-state index in [4.69, 9.17) is 0 Å². The molecule has 13 heavy (non-hydrogen) atoms. The molecule has 0 aliphatic heterocycles. The zero-order valence-electron chi connectivity index (χ0n) is 7.03. The van der Waals surface area contributed by atoms with Crippen LogP contribution in [-0.2, 0) is 9.84 Å². The van der Waals surface area contributed by atoms with Crippen LogP contribution in [-0.4, -0.2) is 25.4 Å². The number of sulfone groups is 1. The number of hydrogen-bond acceptors (Lipinski definition) is 4. The lowest BCUT2D eigenvalue weighted by atomic mass is 10.3. The summed E-state index contributed by atoms with van der Waals surface area (Å²) in [5.41, 5.74) is 0. The molecule has 0 aliphatic rings. The molecule has 0 unspecified atom stereocenters. The Morgan fingerprint density at radius 3 is 2.85 bits per heavy atom. The summed E-state index contributed by atoms with van der Waals surface area (Å²) in [6.07, 6.45) is 3.59. The lowest BCUT2D eigenvalue weighted by Crippen LogP contribution is -2.02. The third kappa shape index (κ3) is 4.73. The zero-order chi connectivity index (χ0) is 9.90. The van der Waals surface area contributed by atoms with Crippen molar-refractivity contribution in [2.24, 2.45) is 0 Å². The maximum Gasteiger partial charge on any atom is 0.147 e. The Hall–Kier alpha value is 0.0600. The zero-order valence-corrected chi connectivity index (χ0v) is 10.2. The Morgan fingerprint density at radius 2 is 2.38 bits per heavy atom. The van der Waals surface area contributed by atoms with Gasteiger partial charge in [0.15, 0.2) is 0 Å². The van der Waals surface area contributed by atoms with Crippen LogP contribution in [0.25, 0.3) is 0 Å². The number of nitrogens with zero attached hydrogens (tertiary/aromatic N) is 1. The summed E-state index contributed by atoms with van der Waals surface area (Å²) in [5.74, 6) is 0.185. The molecule has 0 fully saturated rings. The van der Waals surface area contributed by atoms with Gasteiger partial charge in [-0.2, -0.15) is 0 Å². The molecule has 3 nitrogen and oxygen atoms in total. The molecular weight excluding hydrogens is 274 g/mol. The molecule has 1 heterocycles. The van der Waals surface area contributed by atoms with Gasteiger partial charge >= 0.3 is 0 Å². The van der Waals surface area contributed by atoms with E-state index in [1.165, 1.54) is 17.6 Å². The van der Waals surface area contributed by atoms with Crippen molar-refractivity contribution >= 4 is 37.1 Å². The average molecular weight is 283 g/mol. The smallest absolute Gasteiger partial charge is 0.147 e. The quantitative estimate of drug-likeness (QED) is 0.847. The minimum absolute atomic E-state index is 0.185. The van der Waals surface area contributed by atoms with Gasteiger partial charge in [-0.25, -0.2) is 13.4 Å². The molecule has 1 radical (unpaired) electrons. The minimum atomic E-state index is -2.85. The first kappa shape index (κ1) is 11.1. The number of aromatic nitrogens is 1. The Morgan fingerprint density at radius 1 is 1.69 bits per heavy atom. The van der Waals surface area contributed by atoms with Crippen molar-refractivity contribution in [1.29, 1.82) is 0 Å². The fourth-order valence-electron chi connectivity index (χ4n) is 0.757. The van der Waals surface area contributed by atoms with Crippen molar-refractivity contribution in [2.45, 2.75) is 6.42 Å². The van der Waals surface area contributed by atoms with Crippen LogP contribution < -0.4 is 0 Å². The molecule has 0 saturated heterocycles. The van der Waals surface area contributed by atoms with Gasteiger partial charge in [0.25, 0.3) is 0 Å². The Bertz CT molecular complexity index is 372. The van der Waals surface area contributed by atoms with Crippen LogP contribution in [0.4, 0.5) is 0 Å². The average Bonchev–Trinajstić information content (AvgIpc) is 2.33. The standard InChI is InChI=1S/C7H9BrNO2S2/c1-13(10,11)4-2-3-7-9-6(8)5-12-7/h3,5H,2,4H2,1H3. The lowest BCUT2D eigenvalue weighted by molar-refractivity contribution is 0.601. The van der Waals surface area contributed by atoms with Crippen molar-refractivity contribution in [3.05, 3.63) is 21.4 Å². The summed E-state index contributed by atoms with van der Waals surface area (Å²) in [6, 6.07) is 0. The van der Waals surface area contributed by atoms with E-state index in [-0.39, 0.29) is 5.75 Å². The van der Waals surface area contributed by atoms with E-state index in [0.717, 1.165) is 9.61 Å². The summed E-state index contributed by atoms with van der Waals surface area (Å²) < 4.78 is 22.4. The van der Waals surface area contributed by atoms with Crippen molar-refractivity contribution < 1.29 is 8.42 Å². The minimum Gasteiger partial charge on any atom is -0.234 e. The van der Waals surface area contributed by atoms with Crippen LogP contribution in [0, 0.1) is 6.42 Å². The van der Waals surface area contributed by atoms with Crippen molar-refractivity contribution in [2.75, 3.05) is 12.0 Å². The number of thiazole rings is 1. The molecular formula is C7H9BrNO2S2. The van der Waals surface area contributed by atoms with Crippen LogP contribution in [0.15, 0.2) is 9.98 Å². The van der Waals surface area contributed by atoms with E-state index in [1.807, 2.05) is 11.8 Å². The molecule has 0 aliphatic carbocycles. The van der Waals surface area contributed by atoms with E-state index >= 15 is 0 Å². The molecule has 0 aromatic carbocycles. The van der Waals surface area contributed by atoms with Crippen molar-refractivity contribution in [3.63, 3.8) is 0 Å². The lowest BCUT2D eigenvalue weighted by Gasteiger charge is -1.94. The van der Waals surface area contributed by atoms with Gasteiger partial charge in [0.05, 0.1) is 10.8 Å². The first-order valence-electron chi connectivity index (χ1n) is 3.59. The Kier molecular flexibility index (Phi) is 3.87. The number of halogens is 1. The molecule has 6 heteroatoms. The summed E-state index contributed by atoms with van der Waals surface area (Å²) in [6.45, 7) is 0. The highest BCUT2D eigenvalue weighted by atomic mass is 79.9. The van der Waals surface area contributed by atoms with Gasteiger partial charge in [0, 0.05) is 18.1 Å². The molecule has 1 rings (SSSR count). The summed E-state index contributed by atoms with van der Waals surface area (Å²) in [5, 5.41) is 2.72. The van der Waals surface area contributed by atoms with E-state index < -0.39 is 9.84 Å². The monoisotopic (exact) mass is 282 g/mol. The highest BCUT2D eigenvalue weighted by Gasteiger charge is 2.04. The summed E-state index contributed by atoms with van der Waals surface area (Å²) in [7, 11) is -2.85. The fourth-order valence-corrected chi connectivity index (χ4v) is 2.53. The third-order valence-corrected chi connectivity index (χ3v) is 3.83. The second-order valence-electron chi connectivity index (χ2n) is 2.63. The second-order valence-corrected chi connectivity index (χ2v) is 6.59. The summed E-state index contributed by atoms with van der Waals surface area (Å²) in [4.78, 5) is 4.12. The largest absolute Gasteiger partial charge is 0.234 e. The Balaban J connectivity index is 2.36. The van der Waals surface area contributed by atoms with Gasteiger partial charge in [-0.1, -0.05) is 0 Å². The molecule has 0 amide bonds. The maximum atomic E-state index is 10.8. The number of rotatable bonds is 4. The SMILES string of the molecule is CS(=O)(=O)CC[CH]c1nc(Br)cs1. The Labute approximate surface area is 90.2 Å². The van der Waals surface area contributed by atoms with Gasteiger partial charge in [-0.15, -0.1) is 11.3 Å². The molecule has 73 valence electrons. The molecule has 0 bridgehead atoms. The fraction of sp³-hybridized carbons (Fsp3) is 0.429. The molecule has 1 aromatic heterocycles. The van der Waals surface area contributed by atoms with Gasteiger partial charge in [-0.05, 0) is 22.4 Å². The van der Waals surface area contributed by atoms with Crippen LogP contribution in [0.3, 0.4) is 0 Å². The van der Waals surface area contributed by atoms with E-state index in [1.54, 1.807) is 0 Å². The van der Waals surface area contributed by atoms with Crippen molar-refractivity contribution in [1.82, 2.24) is 4.98 Å². The van der Waals surface area contributed by atoms with Gasteiger partial charge in [-0.3, -0.25) is 0 Å². The molecule has 0 spiro atoms. The van der Waals surface area contributed by atoms with Crippen LogP contribution in [0.1, 0.15) is 11.4 Å². The van der Waals surface area contributed by atoms with Gasteiger partial charge in [0.2, 0.25) is 0 Å². The highest BCUT2D eigenvalue weighted by Crippen LogP contribution is 2.17. The second kappa shape index (κ2) is 4.52.